The number of benzene rings is 3. The highest BCUT2D eigenvalue weighted by molar-refractivity contribution is 9.11. The molecule has 4 amide bonds. The molecule has 0 unspecified atom stereocenters. The monoisotopic (exact) mass is 540 g/mol. The van der Waals surface area contributed by atoms with Gasteiger partial charge in [0.2, 0.25) is 0 Å². The molecule has 154 valence electrons. The Hall–Kier alpha value is -3.23. The standard InChI is InChI=1S/C23H14Br2N2O4/c24-18-12-14(13-19(25)20(18)28)11-17-21(29)26(15-7-3-1-4-8-15)23(31)27(22(17)30)16-9-5-2-6-10-16/h1-13,28H. The average molecular weight is 542 g/mol. The molecular weight excluding hydrogens is 528 g/mol. The van der Waals surface area contributed by atoms with Crippen LogP contribution in [0.25, 0.3) is 6.08 Å². The minimum atomic E-state index is -0.752. The third kappa shape index (κ3) is 3.92. The lowest BCUT2D eigenvalue weighted by Crippen LogP contribution is -2.57. The highest BCUT2D eigenvalue weighted by atomic mass is 79.9. The normalized spacial score (nSPS) is 14.3. The fourth-order valence-corrected chi connectivity index (χ4v) is 4.40. The van der Waals surface area contributed by atoms with Gasteiger partial charge in [0, 0.05) is 0 Å². The van der Waals surface area contributed by atoms with E-state index in [-0.39, 0.29) is 11.3 Å². The Bertz CT molecular complexity index is 1140. The fourth-order valence-electron chi connectivity index (χ4n) is 3.17. The number of amides is 4. The first-order valence-electron chi connectivity index (χ1n) is 9.11. The fraction of sp³-hybridized carbons (Fsp3) is 0. The molecule has 3 aromatic carbocycles. The van der Waals surface area contributed by atoms with Crippen LogP contribution in [0.15, 0.2) is 87.3 Å². The molecule has 1 heterocycles. The van der Waals surface area contributed by atoms with Crippen molar-refractivity contribution in [2.45, 2.75) is 0 Å². The van der Waals surface area contributed by atoms with E-state index < -0.39 is 17.8 Å². The minimum Gasteiger partial charge on any atom is -0.506 e. The van der Waals surface area contributed by atoms with Crippen LogP contribution in [0, 0.1) is 0 Å². The molecule has 31 heavy (non-hydrogen) atoms. The first kappa shape index (κ1) is 21.0. The summed E-state index contributed by atoms with van der Waals surface area (Å²) in [5, 5.41) is 9.95. The smallest absolute Gasteiger partial charge is 0.343 e. The molecule has 1 N–H and O–H groups in total. The number of aromatic hydroxyl groups is 1. The van der Waals surface area contributed by atoms with Gasteiger partial charge in [-0.2, -0.15) is 0 Å². The molecule has 0 aliphatic carbocycles. The van der Waals surface area contributed by atoms with Crippen LogP contribution in [0.2, 0.25) is 0 Å². The van der Waals surface area contributed by atoms with Gasteiger partial charge in [-0.05, 0) is 79.9 Å². The Morgan fingerprint density at radius 3 is 1.55 bits per heavy atom. The van der Waals surface area contributed by atoms with Crippen molar-refractivity contribution in [3.63, 3.8) is 0 Å². The number of para-hydroxylation sites is 2. The predicted molar refractivity (Wildman–Crippen MR) is 125 cm³/mol. The average Bonchev–Trinajstić information content (AvgIpc) is 2.76. The SMILES string of the molecule is O=C1C(=Cc2cc(Br)c(O)c(Br)c2)C(=O)N(c2ccccc2)C(=O)N1c1ccccc1. The van der Waals surface area contributed by atoms with Crippen LogP contribution in [0.1, 0.15) is 5.56 Å². The Kier molecular flexibility index (Phi) is 5.75. The van der Waals surface area contributed by atoms with Crippen molar-refractivity contribution in [3.05, 3.63) is 92.9 Å². The molecule has 0 spiro atoms. The first-order chi connectivity index (χ1) is 14.9. The lowest BCUT2D eigenvalue weighted by atomic mass is 10.0. The second-order valence-electron chi connectivity index (χ2n) is 6.63. The molecule has 0 radical (unpaired) electrons. The number of phenols is 1. The van der Waals surface area contributed by atoms with Gasteiger partial charge in [-0.3, -0.25) is 9.59 Å². The molecule has 0 aromatic heterocycles. The molecule has 1 aliphatic heterocycles. The van der Waals surface area contributed by atoms with Crippen molar-refractivity contribution < 1.29 is 19.5 Å². The van der Waals surface area contributed by atoms with Gasteiger partial charge in [-0.1, -0.05) is 36.4 Å². The van der Waals surface area contributed by atoms with Crippen LogP contribution in [0.3, 0.4) is 0 Å². The van der Waals surface area contributed by atoms with Crippen LogP contribution < -0.4 is 9.80 Å². The predicted octanol–water partition coefficient (Wildman–Crippen LogP) is 5.50. The maximum Gasteiger partial charge on any atom is 0.343 e. The van der Waals surface area contributed by atoms with Gasteiger partial charge in [0.25, 0.3) is 11.8 Å². The topological polar surface area (TPSA) is 77.9 Å². The molecule has 6 nitrogen and oxygen atoms in total. The lowest BCUT2D eigenvalue weighted by molar-refractivity contribution is -0.121. The summed E-state index contributed by atoms with van der Waals surface area (Å²) in [5.41, 5.74) is 1.01. The van der Waals surface area contributed by atoms with Gasteiger partial charge in [-0.25, -0.2) is 14.6 Å². The summed E-state index contributed by atoms with van der Waals surface area (Å²) in [6.07, 6.45) is 1.40. The maximum absolute atomic E-state index is 13.3. The Balaban J connectivity index is 1.88. The lowest BCUT2D eigenvalue weighted by Gasteiger charge is -2.33. The van der Waals surface area contributed by atoms with Crippen molar-refractivity contribution in [2.24, 2.45) is 0 Å². The number of anilines is 2. The number of rotatable bonds is 3. The number of urea groups is 1. The summed E-state index contributed by atoms with van der Waals surface area (Å²) < 4.78 is 0.778. The Morgan fingerprint density at radius 2 is 1.13 bits per heavy atom. The minimum absolute atomic E-state index is 0.00421. The summed E-state index contributed by atoms with van der Waals surface area (Å²) in [7, 11) is 0. The van der Waals surface area contributed by atoms with E-state index in [1.54, 1.807) is 72.8 Å². The van der Waals surface area contributed by atoms with Gasteiger partial charge >= 0.3 is 6.03 Å². The van der Waals surface area contributed by atoms with Crippen LogP contribution in [0.4, 0.5) is 16.2 Å². The van der Waals surface area contributed by atoms with Crippen LogP contribution in [0.5, 0.6) is 5.75 Å². The number of nitrogens with zero attached hydrogens (tertiary/aromatic N) is 2. The number of carbonyl (C=O) groups excluding carboxylic acids is 3. The van der Waals surface area contributed by atoms with Crippen LogP contribution in [-0.4, -0.2) is 23.0 Å². The summed E-state index contributed by atoms with van der Waals surface area (Å²) in [4.78, 5) is 41.7. The highest BCUT2D eigenvalue weighted by Crippen LogP contribution is 2.35. The zero-order valence-electron chi connectivity index (χ0n) is 15.8. The quantitative estimate of drug-likeness (QED) is 0.351. The van der Waals surface area contributed by atoms with E-state index in [1.165, 1.54) is 6.08 Å². The summed E-state index contributed by atoms with van der Waals surface area (Å²) in [5.74, 6) is -1.46. The summed E-state index contributed by atoms with van der Waals surface area (Å²) in [6.45, 7) is 0. The summed E-state index contributed by atoms with van der Waals surface area (Å²) >= 11 is 6.49. The van der Waals surface area contributed by atoms with E-state index in [0.29, 0.717) is 25.9 Å². The van der Waals surface area contributed by atoms with Crippen LogP contribution >= 0.6 is 31.9 Å². The zero-order valence-corrected chi connectivity index (χ0v) is 19.0. The van der Waals surface area contributed by atoms with E-state index in [1.807, 2.05) is 0 Å². The van der Waals surface area contributed by atoms with E-state index in [4.69, 9.17) is 0 Å². The molecule has 0 saturated carbocycles. The number of imide groups is 2. The number of hydrogen-bond acceptors (Lipinski definition) is 4. The third-order valence-electron chi connectivity index (χ3n) is 4.63. The second kappa shape index (κ2) is 8.49. The van der Waals surface area contributed by atoms with Gasteiger partial charge in [0.15, 0.2) is 0 Å². The van der Waals surface area contributed by atoms with Crippen LogP contribution in [-0.2, 0) is 9.59 Å². The summed E-state index contributed by atoms with van der Waals surface area (Å²) in [6, 6.07) is 19.3. The van der Waals surface area contributed by atoms with E-state index in [2.05, 4.69) is 31.9 Å². The van der Waals surface area contributed by atoms with Crippen molar-refractivity contribution in [1.82, 2.24) is 0 Å². The van der Waals surface area contributed by atoms with E-state index in [9.17, 15) is 19.5 Å². The number of phenolic OH excluding ortho intramolecular Hbond substituents is 1. The van der Waals surface area contributed by atoms with Crippen molar-refractivity contribution in [3.8, 4) is 5.75 Å². The number of barbiturate groups is 1. The Morgan fingerprint density at radius 1 is 0.710 bits per heavy atom. The maximum atomic E-state index is 13.3. The van der Waals surface area contributed by atoms with Gasteiger partial charge in [0.1, 0.15) is 11.3 Å². The molecule has 1 aliphatic rings. The highest BCUT2D eigenvalue weighted by Gasteiger charge is 2.43. The molecular formula is C23H14Br2N2O4. The molecule has 0 atom stereocenters. The van der Waals surface area contributed by atoms with Crippen molar-refractivity contribution in [2.75, 3.05) is 9.80 Å². The molecule has 8 heteroatoms. The van der Waals surface area contributed by atoms with E-state index in [0.717, 1.165) is 9.80 Å². The molecule has 1 saturated heterocycles. The van der Waals surface area contributed by atoms with Crippen molar-refractivity contribution in [1.29, 1.82) is 0 Å². The molecule has 0 bridgehead atoms. The third-order valence-corrected chi connectivity index (χ3v) is 5.84. The zero-order chi connectivity index (χ0) is 22.1. The molecule has 4 rings (SSSR count). The Labute approximate surface area is 194 Å². The van der Waals surface area contributed by atoms with Gasteiger partial charge < -0.3 is 5.11 Å². The van der Waals surface area contributed by atoms with E-state index >= 15 is 0 Å². The second-order valence-corrected chi connectivity index (χ2v) is 8.33. The van der Waals surface area contributed by atoms with Gasteiger partial charge in [0.05, 0.1) is 20.3 Å². The first-order valence-corrected chi connectivity index (χ1v) is 10.7. The molecule has 1 fully saturated rings. The number of hydrogen-bond donors (Lipinski definition) is 1. The molecule has 3 aromatic rings. The largest absolute Gasteiger partial charge is 0.506 e. The number of carbonyl (C=O) groups is 3. The van der Waals surface area contributed by atoms with Crippen molar-refractivity contribution >= 4 is 67.2 Å². The number of halogens is 2. The van der Waals surface area contributed by atoms with Gasteiger partial charge in [-0.15, -0.1) is 0 Å².